The fourth-order valence-corrected chi connectivity index (χ4v) is 5.28. The molecule has 7 nitrogen and oxygen atoms in total. The van der Waals surface area contributed by atoms with Gasteiger partial charge in [-0.05, 0) is 56.1 Å². The number of benzene rings is 1. The van der Waals surface area contributed by atoms with E-state index in [0.29, 0.717) is 36.8 Å². The average molecular weight is 439 g/mol. The highest BCUT2D eigenvalue weighted by Crippen LogP contribution is 2.39. The number of rotatable bonds is 3. The first-order chi connectivity index (χ1) is 14.5. The second-order valence-electron chi connectivity index (χ2n) is 8.06. The Morgan fingerprint density at radius 2 is 1.90 bits per heavy atom. The molecule has 3 heterocycles. The highest BCUT2D eigenvalue weighted by Gasteiger charge is 2.34. The molecule has 1 aromatic rings. The summed E-state index contributed by atoms with van der Waals surface area (Å²) < 4.78 is 50.8. The molecule has 0 aromatic heterocycles. The molecule has 1 aliphatic carbocycles. The van der Waals surface area contributed by atoms with Gasteiger partial charge in [-0.15, -0.1) is 0 Å². The Morgan fingerprint density at radius 3 is 2.67 bits per heavy atom. The summed E-state index contributed by atoms with van der Waals surface area (Å²) in [5.74, 6) is 0.790. The normalized spacial score (nSPS) is 29.1. The molecule has 164 valence electrons. The van der Waals surface area contributed by atoms with Gasteiger partial charge in [0.2, 0.25) is 16.0 Å². The largest absolute Gasteiger partial charge is 0.496 e. The number of halogens is 1. The third kappa shape index (κ3) is 4.62. The maximum Gasteiger partial charge on any atom is 0.264 e. The van der Waals surface area contributed by atoms with E-state index in [-0.39, 0.29) is 18.6 Å². The van der Waals surface area contributed by atoms with Crippen LogP contribution in [0.25, 0.3) is 0 Å². The number of carbonyl (C=O) groups is 1. The van der Waals surface area contributed by atoms with Crippen LogP contribution in [0, 0.1) is 0 Å². The van der Waals surface area contributed by atoms with Gasteiger partial charge < -0.3 is 14.4 Å². The zero-order valence-corrected chi connectivity index (χ0v) is 17.6. The number of hydrogen-bond acceptors (Lipinski definition) is 5. The molecule has 1 N–H and O–H groups in total. The van der Waals surface area contributed by atoms with Gasteiger partial charge in [-0.1, -0.05) is 18.2 Å². The van der Waals surface area contributed by atoms with Gasteiger partial charge in [-0.3, -0.25) is 4.79 Å². The number of para-hydroxylation sites is 1. The van der Waals surface area contributed by atoms with Gasteiger partial charge >= 0.3 is 0 Å². The summed E-state index contributed by atoms with van der Waals surface area (Å²) in [7, 11) is -4.08. The van der Waals surface area contributed by atoms with E-state index in [1.54, 1.807) is 0 Å². The smallest absolute Gasteiger partial charge is 0.264 e. The van der Waals surface area contributed by atoms with Crippen LogP contribution in [0.3, 0.4) is 0 Å². The van der Waals surface area contributed by atoms with Crippen molar-refractivity contribution in [1.29, 1.82) is 0 Å². The average Bonchev–Trinajstić information content (AvgIpc) is 2.78. The number of carbonyl (C=O) groups excluding carboxylic acids is 1. The van der Waals surface area contributed by atoms with Gasteiger partial charge in [-0.2, -0.15) is 0 Å². The Bertz CT molecular complexity index is 912. The molecule has 1 saturated heterocycles. The maximum atomic E-state index is 13.0. The molecule has 1 unspecified atom stereocenters. The van der Waals surface area contributed by atoms with Crippen molar-refractivity contribution in [2.75, 3.05) is 19.2 Å². The van der Waals surface area contributed by atoms with Crippen molar-refractivity contribution < 1.29 is 27.1 Å². The van der Waals surface area contributed by atoms with Gasteiger partial charge in [-0.25, -0.2) is 17.5 Å². The lowest BCUT2D eigenvalue weighted by Crippen LogP contribution is -2.49. The Balaban J connectivity index is 1.65. The second-order valence-corrected chi connectivity index (χ2v) is 9.74. The zero-order valence-electron chi connectivity index (χ0n) is 16.8. The molecule has 1 atom stereocenters. The van der Waals surface area contributed by atoms with Crippen LogP contribution in [0.2, 0.25) is 0 Å². The van der Waals surface area contributed by atoms with Gasteiger partial charge in [0.25, 0.3) is 5.91 Å². The Hall–Kier alpha value is -2.13. The molecule has 3 aliphatic heterocycles. The number of alkyl halides is 1. The molecule has 30 heavy (non-hydrogen) atoms. The molecule has 1 amide bonds. The third-order valence-corrected chi connectivity index (χ3v) is 7.01. The van der Waals surface area contributed by atoms with Crippen LogP contribution < -0.4 is 9.46 Å². The first kappa shape index (κ1) is 21.1. The molecule has 2 bridgehead atoms. The lowest BCUT2D eigenvalue weighted by molar-refractivity contribution is -0.132. The third-order valence-electron chi connectivity index (χ3n) is 6.08. The molecule has 0 radical (unpaired) electrons. The second kappa shape index (κ2) is 8.93. The number of amides is 1. The quantitative estimate of drug-likeness (QED) is 0.785. The van der Waals surface area contributed by atoms with Gasteiger partial charge in [0.05, 0.1) is 17.8 Å². The number of fused-ring (bicyclic) bond motifs is 5. The fourth-order valence-electron chi connectivity index (χ4n) is 4.54. The van der Waals surface area contributed by atoms with E-state index < -0.39 is 22.1 Å². The minimum absolute atomic E-state index is 0.0000977. The predicted molar refractivity (Wildman–Crippen MR) is 109 cm³/mol. The van der Waals surface area contributed by atoms with Crippen LogP contribution in [0.15, 0.2) is 36.2 Å². The SMILES string of the molecule is O=C1COc2ccccc2C2CCC(CC2)O/C=C2/C(NS(=O)(=O)CF)CCCN12. The van der Waals surface area contributed by atoms with Gasteiger partial charge in [0.15, 0.2) is 6.61 Å². The van der Waals surface area contributed by atoms with E-state index in [2.05, 4.69) is 10.8 Å². The highest BCUT2D eigenvalue weighted by molar-refractivity contribution is 7.89. The van der Waals surface area contributed by atoms with Crippen molar-refractivity contribution in [3.63, 3.8) is 0 Å². The first-order valence-electron chi connectivity index (χ1n) is 10.4. The van der Waals surface area contributed by atoms with Crippen LogP contribution in [0.1, 0.15) is 50.0 Å². The monoisotopic (exact) mass is 438 g/mol. The van der Waals surface area contributed by atoms with Crippen molar-refractivity contribution in [1.82, 2.24) is 9.62 Å². The van der Waals surface area contributed by atoms with E-state index in [4.69, 9.17) is 9.47 Å². The Labute approximate surface area is 176 Å². The number of hydrogen-bond donors (Lipinski definition) is 1. The molecular weight excluding hydrogens is 411 g/mol. The number of sulfonamides is 1. The lowest BCUT2D eigenvalue weighted by Gasteiger charge is -2.35. The summed E-state index contributed by atoms with van der Waals surface area (Å²) in [5, 5.41) is 0. The summed E-state index contributed by atoms with van der Waals surface area (Å²) in [6.07, 6.45) is 6.17. The minimum atomic E-state index is -4.08. The lowest BCUT2D eigenvalue weighted by atomic mass is 9.82. The van der Waals surface area contributed by atoms with Crippen molar-refractivity contribution in [2.45, 2.75) is 56.6 Å². The zero-order chi connectivity index (χ0) is 21.1. The summed E-state index contributed by atoms with van der Waals surface area (Å²) in [6, 6.07) is 5.60. The molecular formula is C21H27FN2O5S. The predicted octanol–water partition coefficient (Wildman–Crippen LogP) is 2.80. The van der Waals surface area contributed by atoms with E-state index in [1.807, 2.05) is 18.2 Å². The molecule has 9 heteroatoms. The van der Waals surface area contributed by atoms with Crippen molar-refractivity contribution in [3.8, 4) is 5.75 Å². The van der Waals surface area contributed by atoms with Crippen LogP contribution in [-0.2, 0) is 19.6 Å². The standard InChI is InChI=1S/C21H27FN2O5S/c22-14-30(26,27)23-18-5-3-11-24-19(18)12-28-16-9-7-15(8-10-16)17-4-1-2-6-20(17)29-13-21(24)25/h1-2,4,6,12,15-16,18,23H,3,5,7-11,13-14H2/b19-12-. The fraction of sp³-hybridized carbons (Fsp3) is 0.571. The van der Waals surface area contributed by atoms with Crippen LogP contribution in [0.5, 0.6) is 5.75 Å². The van der Waals surface area contributed by atoms with Gasteiger partial charge in [0, 0.05) is 6.54 Å². The maximum absolute atomic E-state index is 13.0. The Kier molecular flexibility index (Phi) is 6.29. The van der Waals surface area contributed by atoms with E-state index in [0.717, 1.165) is 31.2 Å². The Morgan fingerprint density at radius 1 is 1.13 bits per heavy atom. The number of ether oxygens (including phenoxy) is 2. The van der Waals surface area contributed by atoms with Crippen molar-refractivity contribution in [2.24, 2.45) is 0 Å². The van der Waals surface area contributed by atoms with Crippen molar-refractivity contribution >= 4 is 15.9 Å². The van der Waals surface area contributed by atoms with Crippen LogP contribution in [0.4, 0.5) is 4.39 Å². The molecule has 1 aromatic carbocycles. The number of nitrogens with zero attached hydrogens (tertiary/aromatic N) is 1. The van der Waals surface area contributed by atoms with Crippen LogP contribution >= 0.6 is 0 Å². The molecule has 5 rings (SSSR count). The summed E-state index contributed by atoms with van der Waals surface area (Å²) in [4.78, 5) is 14.5. The summed E-state index contributed by atoms with van der Waals surface area (Å²) in [6.45, 7) is 0.271. The minimum Gasteiger partial charge on any atom is -0.496 e. The van der Waals surface area contributed by atoms with Gasteiger partial charge in [0.1, 0.15) is 12.0 Å². The first-order valence-corrected chi connectivity index (χ1v) is 12.1. The van der Waals surface area contributed by atoms with E-state index >= 15 is 0 Å². The van der Waals surface area contributed by atoms with Crippen LogP contribution in [-0.4, -0.2) is 50.5 Å². The number of piperidine rings is 1. The summed E-state index contributed by atoms with van der Waals surface area (Å²) >= 11 is 0. The molecule has 1 saturated carbocycles. The molecule has 0 spiro atoms. The summed E-state index contributed by atoms with van der Waals surface area (Å²) in [5.41, 5.74) is 1.53. The van der Waals surface area contributed by atoms with E-state index in [9.17, 15) is 17.6 Å². The topological polar surface area (TPSA) is 84.9 Å². The molecule has 2 fully saturated rings. The highest BCUT2D eigenvalue weighted by atomic mass is 32.2. The van der Waals surface area contributed by atoms with Crippen molar-refractivity contribution in [3.05, 3.63) is 41.8 Å². The number of nitrogens with one attached hydrogen (secondary N) is 1. The molecule has 4 aliphatic rings. The van der Waals surface area contributed by atoms with E-state index in [1.165, 1.54) is 11.2 Å².